The van der Waals surface area contributed by atoms with Gasteiger partial charge >= 0.3 is 0 Å². The lowest BCUT2D eigenvalue weighted by atomic mass is 9.74. The standard InChI is InChI=1S/C50H49N5/c1-31-26-35(27-36(30-51)32(31)2)39-20-15-21-40(48-53-46(33-16-11-9-12-17-33)52-47(54-48)34-18-13-10-14-19-34)45(39)55-43-24-22-37(49(3,4)5)28-41(43)42-29-38(50(6,7)8)23-25-44(42)55/h9-25,27-29,31-32,35H,26H2,1-8H3/t31-,32-,35?/m0/s1. The summed E-state index contributed by atoms with van der Waals surface area (Å²) in [5.41, 5.74) is 10.6. The Labute approximate surface area is 325 Å². The molecular weight excluding hydrogens is 671 g/mol. The molecule has 0 saturated carbocycles. The summed E-state index contributed by atoms with van der Waals surface area (Å²) in [5, 5.41) is 12.8. The first-order chi connectivity index (χ1) is 26.3. The van der Waals surface area contributed by atoms with Crippen LogP contribution in [0.2, 0.25) is 0 Å². The van der Waals surface area contributed by atoms with Crippen LogP contribution in [-0.2, 0) is 10.8 Å². The van der Waals surface area contributed by atoms with Crippen molar-refractivity contribution in [3.05, 3.63) is 144 Å². The number of benzene rings is 5. The van der Waals surface area contributed by atoms with E-state index in [1.807, 2.05) is 36.4 Å². The highest BCUT2D eigenvalue weighted by molar-refractivity contribution is 6.10. The average molecular weight is 720 g/mol. The number of allylic oxidation sites excluding steroid dienone is 2. The van der Waals surface area contributed by atoms with Gasteiger partial charge in [0.25, 0.3) is 0 Å². The Hall–Kier alpha value is -5.86. The summed E-state index contributed by atoms with van der Waals surface area (Å²) in [6.45, 7) is 18.1. The number of hydrogen-bond acceptors (Lipinski definition) is 4. The molecule has 0 spiro atoms. The maximum Gasteiger partial charge on any atom is 0.166 e. The quantitative estimate of drug-likeness (QED) is 0.178. The molecule has 7 aromatic rings. The third kappa shape index (κ3) is 6.65. The highest BCUT2D eigenvalue weighted by Crippen LogP contribution is 2.46. The van der Waals surface area contributed by atoms with Crippen molar-refractivity contribution < 1.29 is 0 Å². The van der Waals surface area contributed by atoms with E-state index in [4.69, 9.17) is 15.0 Å². The van der Waals surface area contributed by atoms with Crippen LogP contribution in [0, 0.1) is 23.2 Å². The highest BCUT2D eigenvalue weighted by atomic mass is 15.1. The lowest BCUT2D eigenvalue weighted by molar-refractivity contribution is 0.378. The van der Waals surface area contributed by atoms with Gasteiger partial charge in [0.05, 0.1) is 22.8 Å². The molecule has 2 heterocycles. The fraction of sp³-hybridized carbons (Fsp3) is 0.280. The predicted molar refractivity (Wildman–Crippen MR) is 227 cm³/mol. The van der Waals surface area contributed by atoms with Crippen LogP contribution in [0.3, 0.4) is 0 Å². The van der Waals surface area contributed by atoms with E-state index in [-0.39, 0.29) is 22.7 Å². The van der Waals surface area contributed by atoms with Crippen molar-refractivity contribution in [1.29, 1.82) is 5.26 Å². The number of nitriles is 1. The molecule has 5 aromatic carbocycles. The third-order valence-corrected chi connectivity index (χ3v) is 11.6. The van der Waals surface area contributed by atoms with Gasteiger partial charge in [-0.05, 0) is 76.1 Å². The molecule has 55 heavy (non-hydrogen) atoms. The lowest BCUT2D eigenvalue weighted by Gasteiger charge is -2.31. The predicted octanol–water partition coefficient (Wildman–Crippen LogP) is 12.8. The molecule has 0 fully saturated rings. The summed E-state index contributed by atoms with van der Waals surface area (Å²) in [4.78, 5) is 15.6. The van der Waals surface area contributed by atoms with E-state index < -0.39 is 0 Å². The van der Waals surface area contributed by atoms with Gasteiger partial charge in [-0.1, -0.05) is 146 Å². The molecule has 0 bridgehead atoms. The molecule has 1 aliphatic rings. The Bertz CT molecular complexity index is 2500. The summed E-state index contributed by atoms with van der Waals surface area (Å²) in [5.74, 6) is 2.43. The zero-order chi connectivity index (χ0) is 38.6. The Morgan fingerprint density at radius 3 is 1.62 bits per heavy atom. The Morgan fingerprint density at radius 1 is 0.618 bits per heavy atom. The zero-order valence-corrected chi connectivity index (χ0v) is 33.2. The van der Waals surface area contributed by atoms with E-state index in [9.17, 15) is 5.26 Å². The van der Waals surface area contributed by atoms with Gasteiger partial charge in [-0.3, -0.25) is 0 Å². The number of hydrogen-bond donors (Lipinski definition) is 0. The van der Waals surface area contributed by atoms with Crippen LogP contribution in [0.1, 0.15) is 84.4 Å². The summed E-state index contributed by atoms with van der Waals surface area (Å²) in [7, 11) is 0. The van der Waals surface area contributed by atoms with Crippen molar-refractivity contribution in [1.82, 2.24) is 19.5 Å². The third-order valence-electron chi connectivity index (χ3n) is 11.6. The summed E-state index contributed by atoms with van der Waals surface area (Å²) < 4.78 is 2.45. The van der Waals surface area contributed by atoms with Gasteiger partial charge in [-0.15, -0.1) is 0 Å². The Balaban J connectivity index is 1.50. The van der Waals surface area contributed by atoms with E-state index in [0.717, 1.165) is 51.0 Å². The second-order valence-electron chi connectivity index (χ2n) is 17.4. The Kier molecular flexibility index (Phi) is 9.05. The van der Waals surface area contributed by atoms with E-state index in [1.165, 1.54) is 21.9 Å². The van der Waals surface area contributed by atoms with Gasteiger partial charge in [0.1, 0.15) is 0 Å². The number of para-hydroxylation sites is 1. The molecule has 0 saturated heterocycles. The van der Waals surface area contributed by atoms with Crippen molar-refractivity contribution in [2.45, 2.75) is 78.6 Å². The van der Waals surface area contributed by atoms with Gasteiger partial charge in [-0.2, -0.15) is 5.26 Å². The Morgan fingerprint density at radius 2 is 1.13 bits per heavy atom. The SMILES string of the molecule is C[C@@H]1C(C#N)=CC(c2cccc(-c3nc(-c4ccccc4)nc(-c4ccccc4)n3)c2-n2c3ccc(C(C)(C)C)cc3c3cc(C(C)(C)C)ccc32)C[C@@H]1C. The van der Waals surface area contributed by atoms with Crippen LogP contribution in [0.4, 0.5) is 0 Å². The van der Waals surface area contributed by atoms with Gasteiger partial charge in [0.15, 0.2) is 17.5 Å². The van der Waals surface area contributed by atoms with Crippen LogP contribution >= 0.6 is 0 Å². The van der Waals surface area contributed by atoms with Gasteiger partial charge in [0.2, 0.25) is 0 Å². The molecule has 8 rings (SSSR count). The fourth-order valence-corrected chi connectivity index (χ4v) is 8.12. The van der Waals surface area contributed by atoms with E-state index >= 15 is 0 Å². The number of aromatic nitrogens is 4. The zero-order valence-electron chi connectivity index (χ0n) is 33.2. The van der Waals surface area contributed by atoms with Crippen molar-refractivity contribution in [2.24, 2.45) is 11.8 Å². The first kappa shape index (κ1) is 36.1. The van der Waals surface area contributed by atoms with Crippen molar-refractivity contribution >= 4 is 21.8 Å². The first-order valence-corrected chi connectivity index (χ1v) is 19.5. The number of fused-ring (bicyclic) bond motifs is 3. The van der Waals surface area contributed by atoms with Crippen LogP contribution < -0.4 is 0 Å². The van der Waals surface area contributed by atoms with Crippen LogP contribution in [-0.4, -0.2) is 19.5 Å². The molecule has 1 aliphatic carbocycles. The van der Waals surface area contributed by atoms with Gasteiger partial charge in [-0.25, -0.2) is 15.0 Å². The summed E-state index contributed by atoms with van der Waals surface area (Å²) in [6, 6.07) is 43.4. The summed E-state index contributed by atoms with van der Waals surface area (Å²) >= 11 is 0. The molecule has 0 aliphatic heterocycles. The van der Waals surface area contributed by atoms with Crippen LogP contribution in [0.15, 0.2) is 127 Å². The fourth-order valence-electron chi connectivity index (χ4n) is 8.12. The van der Waals surface area contributed by atoms with E-state index in [2.05, 4.69) is 151 Å². The van der Waals surface area contributed by atoms with Crippen molar-refractivity contribution in [3.8, 4) is 45.9 Å². The maximum absolute atomic E-state index is 10.3. The monoisotopic (exact) mass is 719 g/mol. The largest absolute Gasteiger partial charge is 0.308 e. The highest BCUT2D eigenvalue weighted by Gasteiger charge is 2.31. The molecule has 0 radical (unpaired) electrons. The minimum absolute atomic E-state index is 0.0205. The normalized spacial score (nSPS) is 17.7. The molecule has 0 amide bonds. The minimum atomic E-state index is -0.0205. The van der Waals surface area contributed by atoms with Crippen LogP contribution in [0.25, 0.3) is 61.7 Å². The topological polar surface area (TPSA) is 67.4 Å². The molecule has 3 atom stereocenters. The van der Waals surface area contributed by atoms with Crippen molar-refractivity contribution in [2.75, 3.05) is 0 Å². The minimum Gasteiger partial charge on any atom is -0.308 e. The molecular formula is C50H49N5. The van der Waals surface area contributed by atoms with Crippen molar-refractivity contribution in [3.63, 3.8) is 0 Å². The van der Waals surface area contributed by atoms with Crippen LogP contribution in [0.5, 0.6) is 0 Å². The molecule has 5 heteroatoms. The second kappa shape index (κ2) is 13.8. The summed E-state index contributed by atoms with van der Waals surface area (Å²) in [6.07, 6.45) is 3.15. The molecule has 1 unspecified atom stereocenters. The number of nitrogens with zero attached hydrogens (tertiary/aromatic N) is 5. The lowest BCUT2D eigenvalue weighted by Crippen LogP contribution is -2.20. The van der Waals surface area contributed by atoms with E-state index in [0.29, 0.717) is 23.4 Å². The second-order valence-corrected chi connectivity index (χ2v) is 17.4. The maximum atomic E-state index is 10.3. The molecule has 2 aromatic heterocycles. The molecule has 274 valence electrons. The van der Waals surface area contributed by atoms with Gasteiger partial charge < -0.3 is 4.57 Å². The number of rotatable bonds is 5. The first-order valence-electron chi connectivity index (χ1n) is 19.5. The van der Waals surface area contributed by atoms with E-state index in [1.54, 1.807) is 0 Å². The smallest absolute Gasteiger partial charge is 0.166 e. The molecule has 0 N–H and O–H groups in total. The molecule has 5 nitrogen and oxygen atoms in total. The average Bonchev–Trinajstić information content (AvgIpc) is 3.51. The van der Waals surface area contributed by atoms with Gasteiger partial charge in [0, 0.05) is 39.0 Å².